The van der Waals surface area contributed by atoms with E-state index in [4.69, 9.17) is 15.6 Å². The zero-order chi connectivity index (χ0) is 38.3. The summed E-state index contributed by atoms with van der Waals surface area (Å²) in [5.74, 6) is 1.25. The molecule has 5 aromatic rings. The van der Waals surface area contributed by atoms with Gasteiger partial charge in [0.2, 0.25) is 11.8 Å². The number of likely N-dealkylation sites (tertiary alicyclic amines) is 1. The molecule has 3 aliphatic heterocycles. The summed E-state index contributed by atoms with van der Waals surface area (Å²) in [6.07, 6.45) is 11.3. The van der Waals surface area contributed by atoms with Crippen LogP contribution in [0, 0.1) is 13.8 Å². The number of hydrogen-bond donors (Lipinski definition) is 2. The molecule has 6 heterocycles. The highest BCUT2D eigenvalue weighted by Gasteiger charge is 2.52. The van der Waals surface area contributed by atoms with Crippen molar-refractivity contribution in [3.05, 3.63) is 114 Å². The van der Waals surface area contributed by atoms with Gasteiger partial charge < -0.3 is 38.3 Å². The number of nitrogens with zero attached hydrogens (tertiary/aromatic N) is 7. The maximum Gasteiger partial charge on any atom is 0.737 e. The van der Waals surface area contributed by atoms with Gasteiger partial charge in [0.15, 0.2) is 11.3 Å². The Bertz CT molecular complexity index is 2430. The van der Waals surface area contributed by atoms with Crippen molar-refractivity contribution in [2.24, 2.45) is 0 Å². The molecule has 3 N–H and O–H groups in total. The molecule has 1 atom stereocenters. The van der Waals surface area contributed by atoms with E-state index in [0.29, 0.717) is 64.2 Å². The van der Waals surface area contributed by atoms with Crippen molar-refractivity contribution in [3.8, 4) is 22.8 Å². The number of nitrogens with two attached hydrogens (primary N) is 1. The van der Waals surface area contributed by atoms with E-state index < -0.39 is 6.97 Å². The molecule has 3 aliphatic rings. The minimum Gasteiger partial charge on any atom is -0.457 e. The molecule has 0 aliphatic carbocycles. The molecule has 2 amide bonds. The van der Waals surface area contributed by atoms with Crippen LogP contribution in [0.25, 0.3) is 28.4 Å². The molecule has 0 spiro atoms. The number of aryl methyl sites for hydroxylation is 2. The first-order valence-corrected chi connectivity index (χ1v) is 18.4. The van der Waals surface area contributed by atoms with Gasteiger partial charge in [-0.05, 0) is 80.4 Å². The maximum absolute atomic E-state index is 15.7. The van der Waals surface area contributed by atoms with Gasteiger partial charge in [0.1, 0.15) is 35.0 Å². The van der Waals surface area contributed by atoms with E-state index in [1.54, 1.807) is 42.2 Å². The Labute approximate surface area is 316 Å². The summed E-state index contributed by atoms with van der Waals surface area (Å²) in [5.41, 5.74) is 11.1. The zero-order valence-corrected chi connectivity index (χ0v) is 30.5. The van der Waals surface area contributed by atoms with Crippen molar-refractivity contribution in [2.75, 3.05) is 25.4 Å². The van der Waals surface area contributed by atoms with Crippen molar-refractivity contribution in [1.82, 2.24) is 34.4 Å². The number of ether oxygens (including phenoxy) is 1. The monoisotopic (exact) mass is 743 g/mol. The van der Waals surface area contributed by atoms with Gasteiger partial charge in [0, 0.05) is 68.0 Å². The predicted molar refractivity (Wildman–Crippen MR) is 208 cm³/mol. The Kier molecular flexibility index (Phi) is 9.37. The maximum atomic E-state index is 15.7. The summed E-state index contributed by atoms with van der Waals surface area (Å²) in [4.78, 5) is 36.5. The number of halogens is 2. The largest absolute Gasteiger partial charge is 0.737 e. The smallest absolute Gasteiger partial charge is 0.457 e. The van der Waals surface area contributed by atoms with Crippen LogP contribution in [-0.2, 0) is 9.59 Å². The summed E-state index contributed by atoms with van der Waals surface area (Å²) in [7, 11) is 0. The highest BCUT2D eigenvalue weighted by Crippen LogP contribution is 2.36. The van der Waals surface area contributed by atoms with Crippen LogP contribution < -0.4 is 15.8 Å². The minimum atomic E-state index is -4.08. The van der Waals surface area contributed by atoms with Crippen molar-refractivity contribution in [2.45, 2.75) is 45.6 Å². The predicted octanol–water partition coefficient (Wildman–Crippen LogP) is 6.20. The fourth-order valence-corrected chi connectivity index (χ4v) is 7.78. The van der Waals surface area contributed by atoms with E-state index in [1.165, 1.54) is 12.4 Å². The molecular formula is C40H40BF2N9O3. The number of para-hydroxylation sites is 1. The number of hydrogen-bond acceptors (Lipinski definition) is 7. The molecule has 0 saturated carbocycles. The van der Waals surface area contributed by atoms with E-state index in [1.807, 2.05) is 66.2 Å². The number of nitrogen functional groups attached to an aromatic ring is 1. The molecule has 1 unspecified atom stereocenters. The second-order valence-corrected chi connectivity index (χ2v) is 14.1. The molecule has 12 nitrogen and oxygen atoms in total. The molecule has 55 heavy (non-hydrogen) atoms. The molecule has 3 aromatic heterocycles. The number of amides is 2. The van der Waals surface area contributed by atoms with Crippen molar-refractivity contribution >= 4 is 47.4 Å². The second-order valence-electron chi connectivity index (χ2n) is 14.1. The average molecular weight is 744 g/mol. The summed E-state index contributed by atoms with van der Waals surface area (Å²) < 4.78 is 41.4. The quantitative estimate of drug-likeness (QED) is 0.128. The third-order valence-corrected chi connectivity index (χ3v) is 10.4. The second kappa shape index (κ2) is 14.5. The van der Waals surface area contributed by atoms with Gasteiger partial charge in [-0.3, -0.25) is 9.59 Å². The number of piperidine rings is 1. The minimum absolute atomic E-state index is 0.0290. The lowest BCUT2D eigenvalue weighted by molar-refractivity contribution is -0.362. The van der Waals surface area contributed by atoms with E-state index >= 15 is 8.63 Å². The summed E-state index contributed by atoms with van der Waals surface area (Å²) in [6.45, 7) is 0.537. The van der Waals surface area contributed by atoms with Crippen LogP contribution in [-0.4, -0.2) is 77.7 Å². The fourth-order valence-electron chi connectivity index (χ4n) is 7.78. The molecule has 0 bridgehead atoms. The van der Waals surface area contributed by atoms with E-state index in [-0.39, 0.29) is 37.2 Å². The Morgan fingerprint density at radius 3 is 2.65 bits per heavy atom. The Balaban J connectivity index is 0.885. The lowest BCUT2D eigenvalue weighted by Gasteiger charge is -2.32. The lowest BCUT2D eigenvalue weighted by atomic mass is 9.90. The molecule has 2 aromatic carbocycles. The number of allylic oxidation sites excluding steroid dienone is 2. The third-order valence-electron chi connectivity index (χ3n) is 10.4. The SMILES string of the molecule is Cc1cc(C)n2c1C=C1C=CC(CCC(=O)NC/C=C/C(=O)N3CCCC(n4nc(-c5ccc(Oc6ccccc6)cc5)c5c(N)ncnc54)C3)=[N+]1[B-]2(F)F. The first-order chi connectivity index (χ1) is 26.6. The van der Waals surface area contributed by atoms with Gasteiger partial charge >= 0.3 is 6.97 Å². The van der Waals surface area contributed by atoms with Crippen LogP contribution in [0.5, 0.6) is 11.5 Å². The number of nitrogens with one attached hydrogen (secondary N) is 1. The summed E-state index contributed by atoms with van der Waals surface area (Å²) in [6, 6.07) is 18.7. The van der Waals surface area contributed by atoms with Gasteiger partial charge in [-0.1, -0.05) is 24.3 Å². The molecule has 8 rings (SSSR count). The Morgan fingerprint density at radius 2 is 1.85 bits per heavy atom. The van der Waals surface area contributed by atoms with E-state index in [9.17, 15) is 9.59 Å². The van der Waals surface area contributed by atoms with Crippen LogP contribution in [0.1, 0.15) is 48.7 Å². The highest BCUT2D eigenvalue weighted by molar-refractivity contribution is 6.58. The number of carbonyl (C=O) groups is 2. The van der Waals surface area contributed by atoms with Crippen molar-refractivity contribution in [1.29, 1.82) is 0 Å². The van der Waals surface area contributed by atoms with E-state index in [0.717, 1.165) is 38.7 Å². The number of carbonyl (C=O) groups excluding carboxylic acids is 2. The Hall–Kier alpha value is -6.38. The number of rotatable bonds is 10. The molecule has 1 fully saturated rings. The lowest BCUT2D eigenvalue weighted by Crippen LogP contribution is -2.50. The number of anilines is 1. The van der Waals surface area contributed by atoms with Gasteiger partial charge in [-0.15, -0.1) is 0 Å². The number of benzene rings is 2. The van der Waals surface area contributed by atoms with Gasteiger partial charge in [-0.2, -0.15) is 5.10 Å². The summed E-state index contributed by atoms with van der Waals surface area (Å²) >= 11 is 0. The Morgan fingerprint density at radius 1 is 1.07 bits per heavy atom. The normalized spacial score (nSPS) is 17.4. The molecular weight excluding hydrogens is 703 g/mol. The number of aromatic nitrogens is 5. The number of fused-ring (bicyclic) bond motifs is 3. The fraction of sp³-hybridized carbons (Fsp3) is 0.250. The van der Waals surface area contributed by atoms with Crippen LogP contribution in [0.2, 0.25) is 0 Å². The molecule has 15 heteroatoms. The molecule has 1 saturated heterocycles. The van der Waals surface area contributed by atoms with Gasteiger partial charge in [0.25, 0.3) is 0 Å². The van der Waals surface area contributed by atoms with E-state index in [2.05, 4.69) is 15.3 Å². The average Bonchev–Trinajstić information content (AvgIpc) is 3.87. The molecule has 0 radical (unpaired) electrons. The standard InChI is InChI=1S/C40H40BF2N9O3/c1-26-22-27(2)50-34(26)23-30-15-14-29(51(30)41(50,42)43)16-19-35(53)45-20-6-11-36(54)49-21-7-8-31(24-49)52-40-37(39(44)46-25-47-40)38(48-52)28-12-17-33(18-13-28)55-32-9-4-3-5-10-32/h3-6,9-15,17-18,22-23,25,31H,7-8,16,19-21,24H2,1-2H3,(H,45,53)(H2,44,46,47)/b11-6+. The third kappa shape index (κ3) is 6.81. The molecule has 280 valence electrons. The van der Waals surface area contributed by atoms with Gasteiger partial charge in [0.05, 0.1) is 11.4 Å². The van der Waals surface area contributed by atoms with Crippen LogP contribution in [0.15, 0.2) is 97.0 Å². The zero-order valence-electron chi connectivity index (χ0n) is 30.5. The van der Waals surface area contributed by atoms with Crippen molar-refractivity contribution in [3.63, 3.8) is 0 Å². The van der Waals surface area contributed by atoms with Crippen LogP contribution in [0.4, 0.5) is 14.4 Å². The summed E-state index contributed by atoms with van der Waals surface area (Å²) in [5, 5.41) is 8.39. The van der Waals surface area contributed by atoms with Crippen LogP contribution >= 0.6 is 0 Å². The highest BCUT2D eigenvalue weighted by atomic mass is 19.2. The van der Waals surface area contributed by atoms with Gasteiger partial charge in [-0.25, -0.2) is 14.6 Å². The topological polar surface area (TPSA) is 136 Å². The van der Waals surface area contributed by atoms with Crippen LogP contribution in [0.3, 0.4) is 0 Å². The van der Waals surface area contributed by atoms with Crippen molar-refractivity contribution < 1.29 is 27.4 Å². The first-order valence-electron chi connectivity index (χ1n) is 18.4. The first kappa shape index (κ1) is 35.6.